The number of hydrogen-bond acceptors (Lipinski definition) is 4. The van der Waals surface area contributed by atoms with Crippen LogP contribution < -0.4 is 5.73 Å². The smallest absolute Gasteiger partial charge is 0.0961 e. The Morgan fingerprint density at radius 3 is 2.68 bits per heavy atom. The lowest BCUT2D eigenvalue weighted by Gasteiger charge is -2.39. The quantitative estimate of drug-likeness (QED) is 0.851. The van der Waals surface area contributed by atoms with Crippen molar-refractivity contribution in [2.75, 3.05) is 26.4 Å². The minimum absolute atomic E-state index is 0.0583. The largest absolute Gasteiger partial charge is 0.378 e. The molecule has 2 aliphatic heterocycles. The highest BCUT2D eigenvalue weighted by molar-refractivity contribution is 4.92. The van der Waals surface area contributed by atoms with Crippen molar-refractivity contribution in [3.05, 3.63) is 0 Å². The summed E-state index contributed by atoms with van der Waals surface area (Å²) in [5, 5.41) is 0. The summed E-state index contributed by atoms with van der Waals surface area (Å²) < 4.78 is 17.6. The third kappa shape index (κ3) is 3.30. The Kier molecular flexibility index (Phi) is 4.13. The van der Waals surface area contributed by atoms with Crippen molar-refractivity contribution >= 4 is 0 Å². The van der Waals surface area contributed by atoms with E-state index in [1.165, 1.54) is 19.3 Å². The Morgan fingerprint density at radius 1 is 1.11 bits per heavy atom. The first-order chi connectivity index (χ1) is 9.20. The van der Waals surface area contributed by atoms with Crippen LogP contribution in [0.1, 0.15) is 51.4 Å². The van der Waals surface area contributed by atoms with Gasteiger partial charge in [0.15, 0.2) is 0 Å². The van der Waals surface area contributed by atoms with Crippen molar-refractivity contribution in [2.24, 2.45) is 5.73 Å². The highest BCUT2D eigenvalue weighted by atomic mass is 16.6. The standard InChI is InChI=1S/C15H27NO3/c16-14(5-2-1-3-6-14)11-18-13-4-8-19-15(10-13)7-9-17-12-15/h13H,1-12,16H2. The van der Waals surface area contributed by atoms with Gasteiger partial charge in [-0.05, 0) is 19.3 Å². The van der Waals surface area contributed by atoms with E-state index >= 15 is 0 Å². The molecule has 4 heteroatoms. The predicted molar refractivity (Wildman–Crippen MR) is 73.1 cm³/mol. The Labute approximate surface area is 116 Å². The van der Waals surface area contributed by atoms with Gasteiger partial charge in [0.05, 0.1) is 24.9 Å². The maximum atomic E-state index is 6.44. The molecule has 0 aromatic rings. The monoisotopic (exact) mass is 269 g/mol. The van der Waals surface area contributed by atoms with Crippen LogP contribution in [0.5, 0.6) is 0 Å². The van der Waals surface area contributed by atoms with E-state index in [1.54, 1.807) is 0 Å². The van der Waals surface area contributed by atoms with Crippen LogP contribution >= 0.6 is 0 Å². The average Bonchev–Trinajstić information content (AvgIpc) is 2.86. The topological polar surface area (TPSA) is 53.7 Å². The van der Waals surface area contributed by atoms with Crippen LogP contribution in [0.25, 0.3) is 0 Å². The second kappa shape index (κ2) is 5.68. The normalized spacial score (nSPS) is 38.7. The molecule has 1 spiro atoms. The molecule has 110 valence electrons. The minimum atomic E-state index is -0.0735. The van der Waals surface area contributed by atoms with Gasteiger partial charge in [-0.2, -0.15) is 0 Å². The predicted octanol–water partition coefficient (Wildman–Crippen LogP) is 2.00. The lowest BCUT2D eigenvalue weighted by Crippen LogP contribution is -2.49. The van der Waals surface area contributed by atoms with Crippen LogP contribution in [0, 0.1) is 0 Å². The molecule has 0 aromatic heterocycles. The van der Waals surface area contributed by atoms with Crippen molar-refractivity contribution in [3.8, 4) is 0 Å². The van der Waals surface area contributed by atoms with E-state index in [9.17, 15) is 0 Å². The highest BCUT2D eigenvalue weighted by Gasteiger charge is 2.42. The Bertz CT molecular complexity index is 296. The van der Waals surface area contributed by atoms with Crippen LogP contribution in [0.15, 0.2) is 0 Å². The molecule has 0 bridgehead atoms. The molecule has 0 radical (unpaired) electrons. The molecule has 1 aliphatic carbocycles. The van der Waals surface area contributed by atoms with Gasteiger partial charge in [-0.3, -0.25) is 0 Å². The summed E-state index contributed by atoms with van der Waals surface area (Å²) in [7, 11) is 0. The van der Waals surface area contributed by atoms with Crippen LogP contribution in [0.2, 0.25) is 0 Å². The molecule has 3 aliphatic rings. The molecule has 19 heavy (non-hydrogen) atoms. The Morgan fingerprint density at radius 2 is 1.95 bits per heavy atom. The zero-order chi connectivity index (χ0) is 13.2. The number of hydrogen-bond donors (Lipinski definition) is 1. The van der Waals surface area contributed by atoms with E-state index in [-0.39, 0.29) is 11.1 Å². The fourth-order valence-electron chi connectivity index (χ4n) is 3.67. The summed E-state index contributed by atoms with van der Waals surface area (Å²) in [5.41, 5.74) is 6.31. The molecule has 0 amide bonds. The van der Waals surface area contributed by atoms with E-state index in [4.69, 9.17) is 19.9 Å². The molecule has 2 heterocycles. The first kappa shape index (κ1) is 13.8. The number of rotatable bonds is 3. The van der Waals surface area contributed by atoms with Crippen LogP contribution in [-0.2, 0) is 14.2 Å². The molecule has 3 fully saturated rings. The van der Waals surface area contributed by atoms with Crippen molar-refractivity contribution in [3.63, 3.8) is 0 Å². The van der Waals surface area contributed by atoms with Gasteiger partial charge in [0, 0.05) is 31.6 Å². The number of ether oxygens (including phenoxy) is 3. The first-order valence-electron chi connectivity index (χ1n) is 7.82. The molecular formula is C15H27NO3. The molecule has 2 saturated heterocycles. The second-order valence-electron chi connectivity index (χ2n) is 6.68. The number of nitrogens with two attached hydrogens (primary N) is 1. The van der Waals surface area contributed by atoms with Gasteiger partial charge in [-0.25, -0.2) is 0 Å². The van der Waals surface area contributed by atoms with Gasteiger partial charge >= 0.3 is 0 Å². The van der Waals surface area contributed by atoms with E-state index in [2.05, 4.69) is 0 Å². The molecule has 1 saturated carbocycles. The van der Waals surface area contributed by atoms with Crippen LogP contribution in [-0.4, -0.2) is 43.7 Å². The summed E-state index contributed by atoms with van der Waals surface area (Å²) in [6.07, 6.45) is 9.36. The molecule has 2 atom stereocenters. The summed E-state index contributed by atoms with van der Waals surface area (Å²) in [6.45, 7) is 3.08. The van der Waals surface area contributed by atoms with E-state index in [0.717, 1.165) is 51.9 Å². The van der Waals surface area contributed by atoms with Gasteiger partial charge in [-0.15, -0.1) is 0 Å². The Balaban J connectivity index is 1.49. The van der Waals surface area contributed by atoms with Crippen molar-refractivity contribution in [1.82, 2.24) is 0 Å². The van der Waals surface area contributed by atoms with Crippen molar-refractivity contribution < 1.29 is 14.2 Å². The summed E-state index contributed by atoms with van der Waals surface area (Å²) in [5.74, 6) is 0. The lowest BCUT2D eigenvalue weighted by atomic mass is 9.83. The van der Waals surface area contributed by atoms with Gasteiger partial charge < -0.3 is 19.9 Å². The van der Waals surface area contributed by atoms with Gasteiger partial charge in [0.25, 0.3) is 0 Å². The van der Waals surface area contributed by atoms with Crippen LogP contribution in [0.3, 0.4) is 0 Å². The van der Waals surface area contributed by atoms with E-state index in [0.29, 0.717) is 12.7 Å². The SMILES string of the molecule is NC1(COC2CCOC3(CCOC3)C2)CCCCC1. The zero-order valence-corrected chi connectivity index (χ0v) is 11.9. The maximum absolute atomic E-state index is 6.44. The summed E-state index contributed by atoms with van der Waals surface area (Å²) >= 11 is 0. The second-order valence-corrected chi connectivity index (χ2v) is 6.68. The fraction of sp³-hybridized carbons (Fsp3) is 1.00. The fourth-order valence-corrected chi connectivity index (χ4v) is 3.67. The molecule has 4 nitrogen and oxygen atoms in total. The molecular weight excluding hydrogens is 242 g/mol. The van der Waals surface area contributed by atoms with Gasteiger partial charge in [-0.1, -0.05) is 19.3 Å². The average molecular weight is 269 g/mol. The molecule has 3 rings (SSSR count). The van der Waals surface area contributed by atoms with Crippen LogP contribution in [0.4, 0.5) is 0 Å². The van der Waals surface area contributed by atoms with Crippen molar-refractivity contribution in [1.29, 1.82) is 0 Å². The third-order valence-corrected chi connectivity index (χ3v) is 4.97. The maximum Gasteiger partial charge on any atom is 0.0961 e. The van der Waals surface area contributed by atoms with E-state index < -0.39 is 0 Å². The third-order valence-electron chi connectivity index (χ3n) is 4.97. The molecule has 2 unspecified atom stereocenters. The zero-order valence-electron chi connectivity index (χ0n) is 11.9. The van der Waals surface area contributed by atoms with Gasteiger partial charge in [0.2, 0.25) is 0 Å². The van der Waals surface area contributed by atoms with Crippen molar-refractivity contribution in [2.45, 2.75) is 68.6 Å². The van der Waals surface area contributed by atoms with E-state index in [1.807, 2.05) is 0 Å². The summed E-state index contributed by atoms with van der Waals surface area (Å²) in [4.78, 5) is 0. The Hall–Kier alpha value is -0.160. The minimum Gasteiger partial charge on any atom is -0.378 e. The summed E-state index contributed by atoms with van der Waals surface area (Å²) in [6, 6.07) is 0. The molecule has 2 N–H and O–H groups in total. The molecule has 0 aromatic carbocycles. The highest BCUT2D eigenvalue weighted by Crippen LogP contribution is 2.35. The first-order valence-corrected chi connectivity index (χ1v) is 7.82. The van der Waals surface area contributed by atoms with Gasteiger partial charge in [0.1, 0.15) is 0 Å². The lowest BCUT2D eigenvalue weighted by molar-refractivity contribution is -0.139.